The average Bonchev–Trinajstić information content (AvgIpc) is 3.48. The van der Waals surface area contributed by atoms with E-state index in [0.717, 1.165) is 56.7 Å². The van der Waals surface area contributed by atoms with Gasteiger partial charge >= 0.3 is 0 Å². The van der Waals surface area contributed by atoms with E-state index in [-0.39, 0.29) is 23.8 Å². The third-order valence-corrected chi connectivity index (χ3v) is 6.58. The van der Waals surface area contributed by atoms with Gasteiger partial charge < -0.3 is 23.8 Å². The first-order valence-electron chi connectivity index (χ1n) is 11.0. The zero-order chi connectivity index (χ0) is 21.7. The number of ether oxygens (including phenoxy) is 2. The molecule has 2 aliphatic rings. The number of carbonyl (C=O) groups excluding carboxylic acids is 2. The lowest BCUT2D eigenvalue weighted by Crippen LogP contribution is -2.45. The van der Waals surface area contributed by atoms with Gasteiger partial charge in [-0.05, 0) is 48.9 Å². The Morgan fingerprint density at radius 3 is 2.32 bits per heavy atom. The van der Waals surface area contributed by atoms with E-state index in [1.54, 1.807) is 7.11 Å². The molecule has 2 aromatic rings. The molecular formula is C24H31N3O4. The number of benzene rings is 1. The van der Waals surface area contributed by atoms with Crippen LogP contribution in [0.15, 0.2) is 48.8 Å². The van der Waals surface area contributed by atoms with Crippen LogP contribution in [0.25, 0.3) is 5.69 Å². The SMILES string of the molecule is COCCOCC(=O)N1CCC2(CCN(C(=O)c3ccccc3-n3cccc3)CC2)C1. The number of piperidine rings is 1. The zero-order valence-corrected chi connectivity index (χ0v) is 18.2. The summed E-state index contributed by atoms with van der Waals surface area (Å²) in [7, 11) is 1.62. The van der Waals surface area contributed by atoms with E-state index in [1.165, 1.54) is 0 Å². The van der Waals surface area contributed by atoms with Gasteiger partial charge in [0.15, 0.2) is 0 Å². The van der Waals surface area contributed by atoms with Gasteiger partial charge in [0.2, 0.25) is 5.91 Å². The minimum absolute atomic E-state index is 0.0483. The highest BCUT2D eigenvalue weighted by molar-refractivity contribution is 5.97. The molecule has 0 saturated carbocycles. The van der Waals surface area contributed by atoms with Crippen molar-refractivity contribution < 1.29 is 19.1 Å². The molecule has 2 amide bonds. The van der Waals surface area contributed by atoms with Crippen LogP contribution in [0.1, 0.15) is 29.6 Å². The normalized spacial score (nSPS) is 18.0. The maximum Gasteiger partial charge on any atom is 0.255 e. The van der Waals surface area contributed by atoms with Crippen LogP contribution >= 0.6 is 0 Å². The lowest BCUT2D eigenvalue weighted by molar-refractivity contribution is -0.136. The molecule has 0 atom stereocenters. The largest absolute Gasteiger partial charge is 0.382 e. The molecule has 0 bridgehead atoms. The van der Waals surface area contributed by atoms with Gasteiger partial charge in [-0.3, -0.25) is 9.59 Å². The summed E-state index contributed by atoms with van der Waals surface area (Å²) in [5.41, 5.74) is 1.76. The van der Waals surface area contributed by atoms with Crippen molar-refractivity contribution in [1.82, 2.24) is 14.4 Å². The fourth-order valence-electron chi connectivity index (χ4n) is 4.68. The van der Waals surface area contributed by atoms with Crippen molar-refractivity contribution in [3.8, 4) is 5.69 Å². The number of aromatic nitrogens is 1. The molecule has 2 fully saturated rings. The molecule has 7 nitrogen and oxygen atoms in total. The molecule has 1 aromatic heterocycles. The lowest BCUT2D eigenvalue weighted by atomic mass is 9.77. The molecule has 1 aromatic carbocycles. The zero-order valence-electron chi connectivity index (χ0n) is 18.2. The van der Waals surface area contributed by atoms with E-state index in [0.29, 0.717) is 13.2 Å². The maximum absolute atomic E-state index is 13.3. The van der Waals surface area contributed by atoms with Crippen molar-refractivity contribution in [3.05, 3.63) is 54.4 Å². The van der Waals surface area contributed by atoms with Gasteiger partial charge in [0.05, 0.1) is 24.5 Å². The van der Waals surface area contributed by atoms with Crippen LogP contribution in [0, 0.1) is 5.41 Å². The first-order valence-corrected chi connectivity index (χ1v) is 11.0. The van der Waals surface area contributed by atoms with Crippen molar-refractivity contribution in [2.24, 2.45) is 5.41 Å². The molecule has 2 saturated heterocycles. The Morgan fingerprint density at radius 2 is 1.61 bits per heavy atom. The number of nitrogens with zero attached hydrogens (tertiary/aromatic N) is 3. The standard InChI is InChI=1S/C24H31N3O4/c1-30-16-17-31-18-22(28)27-15-10-24(19-27)8-13-26(14-9-24)23(29)20-6-2-3-7-21(20)25-11-4-5-12-25/h2-7,11-12H,8-10,13-19H2,1H3. The van der Waals surface area contributed by atoms with Gasteiger partial charge in [0, 0.05) is 45.7 Å². The first kappa shape index (κ1) is 21.6. The van der Waals surface area contributed by atoms with Crippen molar-refractivity contribution in [2.45, 2.75) is 19.3 Å². The van der Waals surface area contributed by atoms with Crippen LogP contribution in [0.4, 0.5) is 0 Å². The smallest absolute Gasteiger partial charge is 0.255 e. The van der Waals surface area contributed by atoms with Crippen molar-refractivity contribution >= 4 is 11.8 Å². The highest BCUT2D eigenvalue weighted by Crippen LogP contribution is 2.40. The maximum atomic E-state index is 13.3. The summed E-state index contributed by atoms with van der Waals surface area (Å²) >= 11 is 0. The summed E-state index contributed by atoms with van der Waals surface area (Å²) in [6.07, 6.45) is 6.77. The third-order valence-electron chi connectivity index (χ3n) is 6.58. The summed E-state index contributed by atoms with van der Waals surface area (Å²) in [6, 6.07) is 11.7. The Morgan fingerprint density at radius 1 is 0.935 bits per heavy atom. The number of amides is 2. The molecular weight excluding hydrogens is 394 g/mol. The fourth-order valence-corrected chi connectivity index (χ4v) is 4.68. The molecule has 166 valence electrons. The van der Waals surface area contributed by atoms with Crippen molar-refractivity contribution in [1.29, 1.82) is 0 Å². The minimum atomic E-state index is 0.0483. The van der Waals surface area contributed by atoms with Crippen LogP contribution in [0.5, 0.6) is 0 Å². The van der Waals surface area contributed by atoms with Gasteiger partial charge in [-0.25, -0.2) is 0 Å². The van der Waals surface area contributed by atoms with E-state index < -0.39 is 0 Å². The monoisotopic (exact) mass is 425 g/mol. The van der Waals surface area contributed by atoms with Crippen molar-refractivity contribution in [3.63, 3.8) is 0 Å². The van der Waals surface area contributed by atoms with Crippen LogP contribution in [-0.4, -0.2) is 79.3 Å². The molecule has 7 heteroatoms. The van der Waals surface area contributed by atoms with Crippen LogP contribution in [0.3, 0.4) is 0 Å². The van der Waals surface area contributed by atoms with Gasteiger partial charge in [-0.1, -0.05) is 12.1 Å². The number of likely N-dealkylation sites (tertiary alicyclic amines) is 2. The molecule has 4 rings (SSSR count). The molecule has 0 N–H and O–H groups in total. The van der Waals surface area contributed by atoms with Gasteiger partial charge in [0.1, 0.15) is 6.61 Å². The molecule has 1 spiro atoms. The van der Waals surface area contributed by atoms with Gasteiger partial charge in [-0.15, -0.1) is 0 Å². The second-order valence-electron chi connectivity index (χ2n) is 8.51. The molecule has 2 aliphatic heterocycles. The van der Waals surface area contributed by atoms with Crippen LogP contribution < -0.4 is 0 Å². The van der Waals surface area contributed by atoms with Crippen LogP contribution in [0.2, 0.25) is 0 Å². The molecule has 31 heavy (non-hydrogen) atoms. The highest BCUT2D eigenvalue weighted by atomic mass is 16.5. The quantitative estimate of drug-likeness (QED) is 0.640. The minimum Gasteiger partial charge on any atom is -0.382 e. The van der Waals surface area contributed by atoms with E-state index >= 15 is 0 Å². The Labute approximate surface area is 183 Å². The third kappa shape index (κ3) is 4.83. The topological polar surface area (TPSA) is 64.0 Å². The average molecular weight is 426 g/mol. The van der Waals surface area contributed by atoms with E-state index in [9.17, 15) is 9.59 Å². The molecule has 0 aliphatic carbocycles. The molecule has 0 radical (unpaired) electrons. The highest BCUT2D eigenvalue weighted by Gasteiger charge is 2.42. The summed E-state index contributed by atoms with van der Waals surface area (Å²) in [4.78, 5) is 29.6. The number of rotatable bonds is 7. The van der Waals surface area contributed by atoms with E-state index in [4.69, 9.17) is 9.47 Å². The summed E-state index contributed by atoms with van der Waals surface area (Å²) in [6.45, 7) is 4.03. The lowest BCUT2D eigenvalue weighted by Gasteiger charge is -2.39. The predicted molar refractivity (Wildman–Crippen MR) is 117 cm³/mol. The molecule has 0 unspecified atom stereocenters. The predicted octanol–water partition coefficient (Wildman–Crippen LogP) is 2.60. The Balaban J connectivity index is 1.33. The Hall–Kier alpha value is -2.64. The fraction of sp³-hybridized carbons (Fsp3) is 0.500. The van der Waals surface area contributed by atoms with Gasteiger partial charge in [-0.2, -0.15) is 0 Å². The second kappa shape index (κ2) is 9.66. The first-order chi connectivity index (χ1) is 15.1. The van der Waals surface area contributed by atoms with E-state index in [1.807, 2.05) is 63.2 Å². The number of carbonyl (C=O) groups is 2. The Bertz CT molecular complexity index is 888. The van der Waals surface area contributed by atoms with Crippen molar-refractivity contribution in [2.75, 3.05) is 53.1 Å². The van der Waals surface area contributed by atoms with Gasteiger partial charge in [0.25, 0.3) is 5.91 Å². The summed E-state index contributed by atoms with van der Waals surface area (Å²) in [5, 5.41) is 0. The summed E-state index contributed by atoms with van der Waals surface area (Å²) < 4.78 is 12.3. The number of hydrogen-bond acceptors (Lipinski definition) is 4. The van der Waals surface area contributed by atoms with Crippen LogP contribution in [-0.2, 0) is 14.3 Å². The van der Waals surface area contributed by atoms with E-state index in [2.05, 4.69) is 0 Å². The number of methoxy groups -OCH3 is 1. The second-order valence-corrected chi connectivity index (χ2v) is 8.51. The summed E-state index contributed by atoms with van der Waals surface area (Å²) in [5.74, 6) is 0.128. The molecule has 3 heterocycles. The Kier molecular flexibility index (Phi) is 6.73. The number of hydrogen-bond donors (Lipinski definition) is 0. The number of para-hydroxylation sites is 1.